The summed E-state index contributed by atoms with van der Waals surface area (Å²) in [6, 6.07) is 4.80. The second-order valence-corrected chi connectivity index (χ2v) is 6.68. The van der Waals surface area contributed by atoms with Gasteiger partial charge in [-0.25, -0.2) is 23.0 Å². The molecule has 0 unspecified atom stereocenters. The van der Waals surface area contributed by atoms with Crippen LogP contribution in [0.3, 0.4) is 0 Å². The molecule has 0 bridgehead atoms. The monoisotopic (exact) mass is 324 g/mol. The number of nitro benzene ring substituents is 1. The fourth-order valence-corrected chi connectivity index (χ4v) is 2.88. The van der Waals surface area contributed by atoms with Gasteiger partial charge in [-0.3, -0.25) is 10.1 Å². The van der Waals surface area contributed by atoms with E-state index in [1.807, 2.05) is 9.44 Å². The number of nitrogens with one attached hydrogen (secondary N) is 2. The average molecular weight is 324 g/mol. The molecule has 0 saturated carbocycles. The number of para-hydroxylation sites is 1. The zero-order valence-electron chi connectivity index (χ0n) is 10.0. The summed E-state index contributed by atoms with van der Waals surface area (Å²) in [4.78, 5) is 9.41. The van der Waals surface area contributed by atoms with Crippen molar-refractivity contribution in [3.05, 3.63) is 34.4 Å². The van der Waals surface area contributed by atoms with Crippen LogP contribution in [0.4, 0.5) is 5.69 Å². The highest BCUT2D eigenvalue weighted by atomic mass is 32.2. The molecule has 0 aliphatic heterocycles. The Kier molecular flexibility index (Phi) is 5.13. The first-order valence-corrected chi connectivity index (χ1v) is 8.17. The Morgan fingerprint density at radius 2 is 1.65 bits per heavy atom. The molecule has 1 rings (SSSR count). The largest absolute Gasteiger partial charge is 0.289 e. The van der Waals surface area contributed by atoms with Gasteiger partial charge in [0.25, 0.3) is 15.9 Å². The highest BCUT2D eigenvalue weighted by molar-refractivity contribution is 7.89. The van der Waals surface area contributed by atoms with Crippen molar-refractivity contribution in [2.45, 2.75) is 4.90 Å². The van der Waals surface area contributed by atoms with E-state index in [2.05, 4.69) is 5.14 Å². The molecule has 0 atom stereocenters. The molecule has 20 heavy (non-hydrogen) atoms. The lowest BCUT2D eigenvalue weighted by atomic mass is 10.3. The number of nitrogens with zero attached hydrogens (tertiary/aromatic N) is 1. The molecule has 0 heterocycles. The van der Waals surface area contributed by atoms with Gasteiger partial charge in [-0.05, 0) is 6.07 Å². The molecule has 0 aromatic heterocycles. The molecule has 1 aromatic carbocycles. The summed E-state index contributed by atoms with van der Waals surface area (Å²) in [6.45, 7) is -0.580. The SMILES string of the molecule is NS(=O)(=O)NCCNS(=O)(=O)c1ccccc1[N+](=O)[O-]. The van der Waals surface area contributed by atoms with Crippen molar-refractivity contribution >= 4 is 25.9 Å². The van der Waals surface area contributed by atoms with Crippen molar-refractivity contribution in [3.8, 4) is 0 Å². The average Bonchev–Trinajstić information content (AvgIpc) is 2.33. The van der Waals surface area contributed by atoms with Gasteiger partial charge in [0, 0.05) is 19.2 Å². The fraction of sp³-hybridized carbons (Fsp3) is 0.250. The Hall–Kier alpha value is -1.60. The van der Waals surface area contributed by atoms with E-state index < -0.39 is 35.7 Å². The van der Waals surface area contributed by atoms with Crippen molar-refractivity contribution in [3.63, 3.8) is 0 Å². The summed E-state index contributed by atoms with van der Waals surface area (Å²) in [6.07, 6.45) is 0. The number of hydrogen-bond donors (Lipinski definition) is 3. The highest BCUT2D eigenvalue weighted by Crippen LogP contribution is 2.22. The van der Waals surface area contributed by atoms with Crippen LogP contribution < -0.4 is 14.6 Å². The number of sulfonamides is 1. The predicted octanol–water partition coefficient (Wildman–Crippen LogP) is -1.33. The predicted molar refractivity (Wildman–Crippen MR) is 69.4 cm³/mol. The third-order valence-corrected chi connectivity index (χ3v) is 4.19. The minimum Gasteiger partial charge on any atom is -0.258 e. The van der Waals surface area contributed by atoms with E-state index in [4.69, 9.17) is 0 Å². The van der Waals surface area contributed by atoms with E-state index in [9.17, 15) is 26.9 Å². The van der Waals surface area contributed by atoms with E-state index in [0.29, 0.717) is 0 Å². The van der Waals surface area contributed by atoms with E-state index >= 15 is 0 Å². The summed E-state index contributed by atoms with van der Waals surface area (Å²) in [5.74, 6) is 0. The molecule has 0 spiro atoms. The smallest absolute Gasteiger partial charge is 0.258 e. The Labute approximate surface area is 115 Å². The van der Waals surface area contributed by atoms with Gasteiger partial charge in [0.05, 0.1) is 4.92 Å². The van der Waals surface area contributed by atoms with Crippen molar-refractivity contribution < 1.29 is 21.8 Å². The van der Waals surface area contributed by atoms with Crippen LogP contribution >= 0.6 is 0 Å². The Balaban J connectivity index is 2.82. The van der Waals surface area contributed by atoms with Gasteiger partial charge in [-0.1, -0.05) is 12.1 Å². The summed E-state index contributed by atoms with van der Waals surface area (Å²) in [7, 11) is -8.04. The number of nitro groups is 1. The first-order chi connectivity index (χ1) is 9.13. The molecule has 0 radical (unpaired) electrons. The van der Waals surface area contributed by atoms with Crippen LogP contribution in [0.2, 0.25) is 0 Å². The number of hydrogen-bond acceptors (Lipinski definition) is 6. The number of nitrogens with two attached hydrogens (primary N) is 1. The molecular formula is C8H12N4O6S2. The second-order valence-electron chi connectivity index (χ2n) is 3.56. The first-order valence-electron chi connectivity index (χ1n) is 5.14. The van der Waals surface area contributed by atoms with E-state index in [1.54, 1.807) is 0 Å². The minimum atomic E-state index is -4.12. The lowest BCUT2D eigenvalue weighted by molar-refractivity contribution is -0.387. The van der Waals surface area contributed by atoms with E-state index in [0.717, 1.165) is 12.1 Å². The minimum absolute atomic E-state index is 0.279. The summed E-state index contributed by atoms with van der Waals surface area (Å²) < 4.78 is 48.8. The standard InChI is InChI=1S/C8H12N4O6S2/c9-20(17,18)11-6-5-10-19(15,16)8-4-2-1-3-7(8)12(13)14/h1-4,10-11H,5-6H2,(H2,9,17,18). The van der Waals surface area contributed by atoms with Crippen LogP contribution in [0.15, 0.2) is 29.2 Å². The normalized spacial score (nSPS) is 12.2. The molecule has 112 valence electrons. The number of benzene rings is 1. The topological polar surface area (TPSA) is 162 Å². The Morgan fingerprint density at radius 1 is 1.10 bits per heavy atom. The summed E-state index contributed by atoms with van der Waals surface area (Å²) in [5, 5.41) is 15.4. The van der Waals surface area contributed by atoms with Gasteiger partial charge in [-0.2, -0.15) is 8.42 Å². The molecule has 4 N–H and O–H groups in total. The van der Waals surface area contributed by atoms with Crippen LogP contribution in [0.5, 0.6) is 0 Å². The molecular weight excluding hydrogens is 312 g/mol. The van der Waals surface area contributed by atoms with Gasteiger partial charge in [0.15, 0.2) is 4.90 Å². The highest BCUT2D eigenvalue weighted by Gasteiger charge is 2.24. The third-order valence-electron chi connectivity index (χ3n) is 2.07. The molecule has 0 fully saturated rings. The second kappa shape index (κ2) is 6.23. The molecule has 12 heteroatoms. The van der Waals surface area contributed by atoms with Crippen LogP contribution in [-0.4, -0.2) is 34.8 Å². The van der Waals surface area contributed by atoms with Gasteiger partial charge >= 0.3 is 0 Å². The summed E-state index contributed by atoms with van der Waals surface area (Å²) >= 11 is 0. The first kappa shape index (κ1) is 16.5. The fourth-order valence-electron chi connectivity index (χ4n) is 1.29. The zero-order valence-corrected chi connectivity index (χ0v) is 11.6. The molecule has 0 aliphatic rings. The van der Waals surface area contributed by atoms with E-state index in [1.165, 1.54) is 12.1 Å². The molecule has 0 aliphatic carbocycles. The molecule has 1 aromatic rings. The van der Waals surface area contributed by atoms with Crippen molar-refractivity contribution in [1.29, 1.82) is 0 Å². The van der Waals surface area contributed by atoms with Crippen molar-refractivity contribution in [2.75, 3.05) is 13.1 Å². The summed E-state index contributed by atoms with van der Waals surface area (Å²) in [5.41, 5.74) is -0.570. The molecule has 10 nitrogen and oxygen atoms in total. The maximum atomic E-state index is 11.9. The number of rotatable bonds is 7. The Morgan fingerprint density at radius 3 is 2.20 bits per heavy atom. The van der Waals surface area contributed by atoms with Crippen molar-refractivity contribution in [2.24, 2.45) is 5.14 Å². The molecule has 0 amide bonds. The quantitative estimate of drug-likeness (QED) is 0.319. The molecule has 0 saturated heterocycles. The van der Waals surface area contributed by atoms with Crippen molar-refractivity contribution in [1.82, 2.24) is 9.44 Å². The van der Waals surface area contributed by atoms with Crippen LogP contribution in [0.25, 0.3) is 0 Å². The van der Waals surface area contributed by atoms with Crippen LogP contribution in [0.1, 0.15) is 0 Å². The maximum Gasteiger partial charge on any atom is 0.289 e. The van der Waals surface area contributed by atoms with Gasteiger partial charge in [-0.15, -0.1) is 0 Å². The third kappa shape index (κ3) is 4.82. The lowest BCUT2D eigenvalue weighted by Gasteiger charge is -2.07. The maximum absolute atomic E-state index is 11.9. The van der Waals surface area contributed by atoms with Gasteiger partial charge in [0.2, 0.25) is 10.0 Å². The lowest BCUT2D eigenvalue weighted by Crippen LogP contribution is -2.37. The zero-order chi connectivity index (χ0) is 15.4. The van der Waals surface area contributed by atoms with Gasteiger partial charge < -0.3 is 0 Å². The van der Waals surface area contributed by atoms with Crippen LogP contribution in [0, 0.1) is 10.1 Å². The Bertz CT molecular complexity index is 699. The van der Waals surface area contributed by atoms with E-state index in [-0.39, 0.29) is 13.1 Å². The van der Waals surface area contributed by atoms with Gasteiger partial charge in [0.1, 0.15) is 0 Å². The van der Waals surface area contributed by atoms with Crippen LogP contribution in [-0.2, 0) is 20.2 Å².